The van der Waals surface area contributed by atoms with Crippen molar-refractivity contribution in [1.29, 1.82) is 0 Å². The van der Waals surface area contributed by atoms with E-state index in [4.69, 9.17) is 10.3 Å². The summed E-state index contributed by atoms with van der Waals surface area (Å²) in [5, 5.41) is 3.65. The molecule has 1 aliphatic rings. The van der Waals surface area contributed by atoms with E-state index in [1.165, 1.54) is 19.2 Å². The van der Waals surface area contributed by atoms with Gasteiger partial charge in [-0.05, 0) is 36.6 Å². The summed E-state index contributed by atoms with van der Waals surface area (Å²) in [5.41, 5.74) is 8.67. The van der Waals surface area contributed by atoms with Crippen LogP contribution < -0.4 is 4.74 Å². The van der Waals surface area contributed by atoms with Crippen molar-refractivity contribution in [3.05, 3.63) is 40.0 Å². The Labute approximate surface area is 115 Å². The zero-order valence-corrected chi connectivity index (χ0v) is 11.1. The summed E-state index contributed by atoms with van der Waals surface area (Å²) in [5.74, 6) is -0.656. The van der Waals surface area contributed by atoms with Gasteiger partial charge in [0.25, 0.3) is 5.91 Å². The fourth-order valence-corrected chi connectivity index (χ4v) is 2.24. The van der Waals surface area contributed by atoms with Crippen LogP contribution in [0.3, 0.4) is 0 Å². The van der Waals surface area contributed by atoms with Gasteiger partial charge in [0.05, 0.1) is 7.11 Å². The molecule has 7 heteroatoms. The Balaban J connectivity index is 2.05. The summed E-state index contributed by atoms with van der Waals surface area (Å²) in [7, 11) is 1.38. The molecule has 0 radical (unpaired) electrons. The summed E-state index contributed by atoms with van der Waals surface area (Å²) >= 11 is 0. The summed E-state index contributed by atoms with van der Waals surface area (Å²) in [6.07, 6.45) is 1.27. The first-order chi connectivity index (χ1) is 9.65. The molecule has 0 N–H and O–H groups in total. The predicted octanol–water partition coefficient (Wildman–Crippen LogP) is 2.75. The lowest BCUT2D eigenvalue weighted by molar-refractivity contribution is 0.0714. The molecule has 0 atom stereocenters. The number of hydrogen-bond acceptors (Lipinski definition) is 3. The van der Waals surface area contributed by atoms with Crippen molar-refractivity contribution in [3.63, 3.8) is 0 Å². The highest BCUT2D eigenvalue weighted by atomic mass is 19.1. The van der Waals surface area contributed by atoms with E-state index >= 15 is 0 Å². The van der Waals surface area contributed by atoms with Gasteiger partial charge < -0.3 is 9.64 Å². The maximum absolute atomic E-state index is 13.6. The van der Waals surface area contributed by atoms with Crippen molar-refractivity contribution in [2.24, 2.45) is 5.11 Å². The van der Waals surface area contributed by atoms with E-state index in [9.17, 15) is 9.18 Å². The predicted molar refractivity (Wildman–Crippen MR) is 71.0 cm³/mol. The molecule has 0 bridgehead atoms. The van der Waals surface area contributed by atoms with Gasteiger partial charge in [-0.1, -0.05) is 5.11 Å². The second-order valence-electron chi connectivity index (χ2n) is 4.58. The van der Waals surface area contributed by atoms with Gasteiger partial charge in [-0.15, -0.1) is 0 Å². The van der Waals surface area contributed by atoms with E-state index in [1.54, 1.807) is 11.0 Å². The standard InChI is InChI=1S/C13H15FN4O2/c1-20-12-3-2-9(8-11(12)14)13(19)18-6-4-10(5-7-18)16-17-15/h2-3,8,10H,4-7H2,1H3. The molecule has 20 heavy (non-hydrogen) atoms. The minimum Gasteiger partial charge on any atom is -0.494 e. The summed E-state index contributed by atoms with van der Waals surface area (Å²) in [6.45, 7) is 1.02. The topological polar surface area (TPSA) is 78.3 Å². The Kier molecular flexibility index (Phi) is 4.42. The number of azide groups is 1. The fourth-order valence-electron chi connectivity index (χ4n) is 2.24. The molecule has 0 aliphatic carbocycles. The zero-order chi connectivity index (χ0) is 14.5. The second-order valence-corrected chi connectivity index (χ2v) is 4.58. The van der Waals surface area contributed by atoms with Crippen molar-refractivity contribution in [2.45, 2.75) is 18.9 Å². The van der Waals surface area contributed by atoms with Crippen LogP contribution in [-0.2, 0) is 0 Å². The van der Waals surface area contributed by atoms with E-state index in [-0.39, 0.29) is 17.7 Å². The molecule has 6 nitrogen and oxygen atoms in total. The molecule has 1 amide bonds. The van der Waals surface area contributed by atoms with Crippen molar-refractivity contribution in [2.75, 3.05) is 20.2 Å². The lowest BCUT2D eigenvalue weighted by Gasteiger charge is -2.30. The Morgan fingerprint density at radius 1 is 1.50 bits per heavy atom. The molecule has 1 aromatic carbocycles. The number of likely N-dealkylation sites (tertiary alicyclic amines) is 1. The third kappa shape index (κ3) is 3.00. The SMILES string of the molecule is COc1ccc(C(=O)N2CCC(N=[N+]=[N-])CC2)cc1F. The lowest BCUT2D eigenvalue weighted by atomic mass is 10.0. The van der Waals surface area contributed by atoms with Gasteiger partial charge in [0.15, 0.2) is 11.6 Å². The highest BCUT2D eigenvalue weighted by Gasteiger charge is 2.23. The summed E-state index contributed by atoms with van der Waals surface area (Å²) in [6, 6.07) is 4.11. The van der Waals surface area contributed by atoms with Crippen LogP contribution in [0, 0.1) is 5.82 Å². The zero-order valence-electron chi connectivity index (χ0n) is 11.1. The van der Waals surface area contributed by atoms with Gasteiger partial charge in [0.2, 0.25) is 0 Å². The first kappa shape index (κ1) is 14.1. The van der Waals surface area contributed by atoms with Crippen LogP contribution >= 0.6 is 0 Å². The van der Waals surface area contributed by atoms with Crippen LogP contribution in [0.2, 0.25) is 0 Å². The molecule has 1 aromatic rings. The molecule has 2 rings (SSSR count). The summed E-state index contributed by atoms with van der Waals surface area (Å²) < 4.78 is 18.4. The number of nitrogens with zero attached hydrogens (tertiary/aromatic N) is 4. The minimum absolute atomic E-state index is 0.0587. The lowest BCUT2D eigenvalue weighted by Crippen LogP contribution is -2.39. The second kappa shape index (κ2) is 6.25. The van der Waals surface area contributed by atoms with E-state index in [1.807, 2.05) is 0 Å². The van der Waals surface area contributed by atoms with Crippen molar-refractivity contribution < 1.29 is 13.9 Å². The molecule has 106 valence electrons. The molecule has 0 unspecified atom stereocenters. The van der Waals surface area contributed by atoms with Crippen LogP contribution in [0.4, 0.5) is 4.39 Å². The highest BCUT2D eigenvalue weighted by Crippen LogP contribution is 2.21. The molecule has 0 saturated carbocycles. The molecule has 0 aromatic heterocycles. The Morgan fingerprint density at radius 3 is 2.75 bits per heavy atom. The number of halogens is 1. The molecule has 1 aliphatic heterocycles. The smallest absolute Gasteiger partial charge is 0.253 e. The molecular weight excluding hydrogens is 263 g/mol. The number of amides is 1. The van der Waals surface area contributed by atoms with E-state index in [0.717, 1.165) is 0 Å². The van der Waals surface area contributed by atoms with Gasteiger partial charge in [-0.2, -0.15) is 0 Å². The number of rotatable bonds is 3. The number of carbonyl (C=O) groups is 1. The molecule has 1 fully saturated rings. The average molecular weight is 278 g/mol. The maximum atomic E-state index is 13.6. The van der Waals surface area contributed by atoms with Crippen molar-refractivity contribution in [1.82, 2.24) is 4.90 Å². The first-order valence-corrected chi connectivity index (χ1v) is 6.32. The third-order valence-corrected chi connectivity index (χ3v) is 3.37. The Morgan fingerprint density at radius 2 is 2.20 bits per heavy atom. The van der Waals surface area contributed by atoms with Gasteiger partial charge in [0, 0.05) is 29.6 Å². The summed E-state index contributed by atoms with van der Waals surface area (Å²) in [4.78, 5) is 16.7. The Hall–Kier alpha value is -2.27. The number of benzene rings is 1. The van der Waals surface area contributed by atoms with Gasteiger partial charge in [-0.25, -0.2) is 4.39 Å². The number of piperidine rings is 1. The normalized spacial score (nSPS) is 15.6. The highest BCUT2D eigenvalue weighted by molar-refractivity contribution is 5.94. The van der Waals surface area contributed by atoms with Crippen LogP contribution in [0.1, 0.15) is 23.2 Å². The number of hydrogen-bond donors (Lipinski definition) is 0. The fraction of sp³-hybridized carbons (Fsp3) is 0.462. The minimum atomic E-state index is -0.553. The number of ether oxygens (including phenoxy) is 1. The quantitative estimate of drug-likeness (QED) is 0.484. The van der Waals surface area contributed by atoms with Crippen LogP contribution in [0.15, 0.2) is 23.3 Å². The first-order valence-electron chi connectivity index (χ1n) is 6.32. The van der Waals surface area contributed by atoms with Crippen molar-refractivity contribution in [3.8, 4) is 5.75 Å². The Bertz CT molecular complexity index is 549. The van der Waals surface area contributed by atoms with Gasteiger partial charge in [0.1, 0.15) is 0 Å². The van der Waals surface area contributed by atoms with Crippen molar-refractivity contribution >= 4 is 5.91 Å². The van der Waals surface area contributed by atoms with E-state index in [2.05, 4.69) is 10.0 Å². The van der Waals surface area contributed by atoms with Crippen LogP contribution in [0.25, 0.3) is 10.4 Å². The molecular formula is C13H15FN4O2. The van der Waals surface area contributed by atoms with Gasteiger partial charge >= 0.3 is 0 Å². The third-order valence-electron chi connectivity index (χ3n) is 3.37. The van der Waals surface area contributed by atoms with Crippen LogP contribution in [-0.4, -0.2) is 37.0 Å². The number of carbonyl (C=O) groups excluding carboxylic acids is 1. The van der Waals surface area contributed by atoms with Crippen LogP contribution in [0.5, 0.6) is 5.75 Å². The number of methoxy groups -OCH3 is 1. The van der Waals surface area contributed by atoms with E-state index in [0.29, 0.717) is 31.5 Å². The monoisotopic (exact) mass is 278 g/mol. The molecule has 1 heterocycles. The average Bonchev–Trinajstić information content (AvgIpc) is 2.47. The van der Waals surface area contributed by atoms with E-state index < -0.39 is 5.82 Å². The molecule has 0 spiro atoms. The largest absolute Gasteiger partial charge is 0.494 e. The van der Waals surface area contributed by atoms with Gasteiger partial charge in [-0.3, -0.25) is 4.79 Å². The molecule has 1 saturated heterocycles. The maximum Gasteiger partial charge on any atom is 0.253 e.